The molecule has 1 atom stereocenters. The summed E-state index contributed by atoms with van der Waals surface area (Å²) in [6.07, 6.45) is 0.352. The SMILES string of the molecule is COc1cccc(CC(=O)N2CCN(C(=O)C(C)CN)CC2)c1.Cl. The summed E-state index contributed by atoms with van der Waals surface area (Å²) in [5.41, 5.74) is 6.48. The van der Waals surface area contributed by atoms with Crippen molar-refractivity contribution in [2.75, 3.05) is 39.8 Å². The van der Waals surface area contributed by atoms with E-state index in [2.05, 4.69) is 0 Å². The van der Waals surface area contributed by atoms with Gasteiger partial charge in [-0.3, -0.25) is 9.59 Å². The molecule has 1 unspecified atom stereocenters. The fraction of sp³-hybridized carbons (Fsp3) is 0.529. The number of rotatable bonds is 5. The van der Waals surface area contributed by atoms with Crippen molar-refractivity contribution in [3.8, 4) is 5.75 Å². The zero-order valence-electron chi connectivity index (χ0n) is 14.2. The highest BCUT2D eigenvalue weighted by molar-refractivity contribution is 5.85. The maximum atomic E-state index is 12.4. The van der Waals surface area contributed by atoms with Crippen LogP contribution in [0.3, 0.4) is 0 Å². The number of nitrogens with zero attached hydrogens (tertiary/aromatic N) is 2. The van der Waals surface area contributed by atoms with E-state index in [-0.39, 0.29) is 30.1 Å². The minimum absolute atomic E-state index is 0. The first-order valence-corrected chi connectivity index (χ1v) is 7.94. The van der Waals surface area contributed by atoms with E-state index in [0.29, 0.717) is 39.1 Å². The molecule has 1 heterocycles. The first-order valence-electron chi connectivity index (χ1n) is 7.94. The van der Waals surface area contributed by atoms with Gasteiger partial charge in [0.1, 0.15) is 5.75 Å². The molecule has 134 valence electrons. The molecule has 0 radical (unpaired) electrons. The second kappa shape index (κ2) is 9.49. The highest BCUT2D eigenvalue weighted by Gasteiger charge is 2.26. The summed E-state index contributed by atoms with van der Waals surface area (Å²) in [7, 11) is 1.61. The average Bonchev–Trinajstić information content (AvgIpc) is 2.60. The quantitative estimate of drug-likeness (QED) is 0.852. The van der Waals surface area contributed by atoms with Crippen LogP contribution in [0, 0.1) is 5.92 Å². The lowest BCUT2D eigenvalue weighted by Gasteiger charge is -2.36. The maximum Gasteiger partial charge on any atom is 0.227 e. The fourth-order valence-corrected chi connectivity index (χ4v) is 2.66. The number of methoxy groups -OCH3 is 1. The van der Waals surface area contributed by atoms with E-state index in [1.54, 1.807) is 12.0 Å². The van der Waals surface area contributed by atoms with Gasteiger partial charge in [0.05, 0.1) is 13.5 Å². The molecule has 0 saturated carbocycles. The first kappa shape index (κ1) is 20.3. The molecular formula is C17H26ClN3O3. The van der Waals surface area contributed by atoms with Crippen LogP contribution < -0.4 is 10.5 Å². The van der Waals surface area contributed by atoms with Crippen LogP contribution in [0.4, 0.5) is 0 Å². The van der Waals surface area contributed by atoms with Crippen LogP contribution in [0.5, 0.6) is 5.75 Å². The minimum atomic E-state index is -0.158. The van der Waals surface area contributed by atoms with Gasteiger partial charge in [-0.2, -0.15) is 0 Å². The predicted octanol–water partition coefficient (Wildman–Crippen LogP) is 0.925. The number of carbonyl (C=O) groups excluding carboxylic acids is 2. The molecule has 1 aliphatic heterocycles. The van der Waals surface area contributed by atoms with E-state index in [4.69, 9.17) is 10.5 Å². The Morgan fingerprint density at radius 2 is 1.83 bits per heavy atom. The van der Waals surface area contributed by atoms with E-state index in [1.165, 1.54) is 0 Å². The van der Waals surface area contributed by atoms with Gasteiger partial charge in [0, 0.05) is 38.6 Å². The van der Waals surface area contributed by atoms with Crippen LogP contribution in [0.2, 0.25) is 0 Å². The van der Waals surface area contributed by atoms with Gasteiger partial charge in [-0.1, -0.05) is 19.1 Å². The number of carbonyl (C=O) groups is 2. The third kappa shape index (κ3) is 5.11. The third-order valence-corrected chi connectivity index (χ3v) is 4.21. The average molecular weight is 356 g/mol. The second-order valence-electron chi connectivity index (χ2n) is 5.87. The van der Waals surface area contributed by atoms with E-state index in [1.807, 2.05) is 36.1 Å². The lowest BCUT2D eigenvalue weighted by molar-refractivity contribution is -0.141. The Morgan fingerprint density at radius 3 is 2.42 bits per heavy atom. The Balaban J connectivity index is 0.00000288. The molecule has 2 rings (SSSR count). The molecule has 1 aliphatic rings. The van der Waals surface area contributed by atoms with Crippen LogP contribution in [-0.2, 0) is 16.0 Å². The maximum absolute atomic E-state index is 12.4. The molecule has 24 heavy (non-hydrogen) atoms. The van der Waals surface area contributed by atoms with Gasteiger partial charge < -0.3 is 20.3 Å². The zero-order chi connectivity index (χ0) is 16.8. The van der Waals surface area contributed by atoms with E-state index < -0.39 is 0 Å². The van der Waals surface area contributed by atoms with Crippen molar-refractivity contribution in [3.05, 3.63) is 29.8 Å². The predicted molar refractivity (Wildman–Crippen MR) is 95.3 cm³/mol. The molecule has 1 aromatic carbocycles. The first-order chi connectivity index (χ1) is 11.0. The number of nitrogens with two attached hydrogens (primary N) is 1. The zero-order valence-corrected chi connectivity index (χ0v) is 15.1. The minimum Gasteiger partial charge on any atom is -0.497 e. The van der Waals surface area contributed by atoms with Crippen molar-refractivity contribution in [1.29, 1.82) is 0 Å². The Kier molecular flexibility index (Phi) is 8.01. The molecule has 2 amide bonds. The van der Waals surface area contributed by atoms with Gasteiger partial charge >= 0.3 is 0 Å². The number of benzene rings is 1. The van der Waals surface area contributed by atoms with E-state index in [0.717, 1.165) is 11.3 Å². The number of amides is 2. The summed E-state index contributed by atoms with van der Waals surface area (Å²) in [5, 5.41) is 0. The number of ether oxygens (including phenoxy) is 1. The summed E-state index contributed by atoms with van der Waals surface area (Å²) >= 11 is 0. The van der Waals surface area contributed by atoms with Crippen molar-refractivity contribution in [2.45, 2.75) is 13.3 Å². The smallest absolute Gasteiger partial charge is 0.227 e. The molecule has 7 heteroatoms. The van der Waals surface area contributed by atoms with Crippen LogP contribution in [0.1, 0.15) is 12.5 Å². The van der Waals surface area contributed by atoms with Crippen molar-refractivity contribution < 1.29 is 14.3 Å². The Bertz CT molecular complexity index is 560. The summed E-state index contributed by atoms with van der Waals surface area (Å²) in [5.74, 6) is 0.750. The lowest BCUT2D eigenvalue weighted by Crippen LogP contribution is -2.52. The van der Waals surface area contributed by atoms with Gasteiger partial charge in [0.15, 0.2) is 0 Å². The number of halogens is 1. The Labute approximate surface area is 149 Å². The highest BCUT2D eigenvalue weighted by Crippen LogP contribution is 2.14. The monoisotopic (exact) mass is 355 g/mol. The van der Waals surface area contributed by atoms with Crippen molar-refractivity contribution in [2.24, 2.45) is 11.7 Å². The number of hydrogen-bond donors (Lipinski definition) is 1. The molecule has 2 N–H and O–H groups in total. The molecule has 0 aromatic heterocycles. The summed E-state index contributed by atoms with van der Waals surface area (Å²) < 4.78 is 5.18. The summed E-state index contributed by atoms with van der Waals surface area (Å²) in [4.78, 5) is 28.1. The van der Waals surface area contributed by atoms with Crippen molar-refractivity contribution >= 4 is 24.2 Å². The largest absolute Gasteiger partial charge is 0.497 e. The second-order valence-corrected chi connectivity index (χ2v) is 5.87. The molecule has 6 nitrogen and oxygen atoms in total. The van der Waals surface area contributed by atoms with Crippen LogP contribution >= 0.6 is 12.4 Å². The molecule has 1 saturated heterocycles. The Hall–Kier alpha value is -1.79. The van der Waals surface area contributed by atoms with Gasteiger partial charge in [-0.25, -0.2) is 0 Å². The number of hydrogen-bond acceptors (Lipinski definition) is 4. The molecular weight excluding hydrogens is 330 g/mol. The summed E-state index contributed by atoms with van der Waals surface area (Å²) in [6.45, 7) is 4.49. The lowest BCUT2D eigenvalue weighted by atomic mass is 10.1. The third-order valence-electron chi connectivity index (χ3n) is 4.21. The molecule has 1 fully saturated rings. The molecule has 0 aliphatic carbocycles. The topological polar surface area (TPSA) is 75.9 Å². The van der Waals surface area contributed by atoms with Crippen LogP contribution in [0.15, 0.2) is 24.3 Å². The molecule has 1 aromatic rings. The van der Waals surface area contributed by atoms with Crippen molar-refractivity contribution in [1.82, 2.24) is 9.80 Å². The van der Waals surface area contributed by atoms with Crippen molar-refractivity contribution in [3.63, 3.8) is 0 Å². The fourth-order valence-electron chi connectivity index (χ4n) is 2.66. The highest BCUT2D eigenvalue weighted by atomic mass is 35.5. The van der Waals surface area contributed by atoms with E-state index >= 15 is 0 Å². The standard InChI is InChI=1S/C17H25N3O3.ClH/c1-13(12-18)17(22)20-8-6-19(7-9-20)16(21)11-14-4-3-5-15(10-14)23-2;/h3-5,10,13H,6-9,11-12,18H2,1-2H3;1H. The molecule has 0 spiro atoms. The number of piperazine rings is 1. The Morgan fingerprint density at radius 1 is 1.21 bits per heavy atom. The normalized spacial score (nSPS) is 15.5. The van der Waals surface area contributed by atoms with Crippen LogP contribution in [0.25, 0.3) is 0 Å². The summed E-state index contributed by atoms with van der Waals surface area (Å²) in [6, 6.07) is 7.53. The van der Waals surface area contributed by atoms with Gasteiger partial charge in [0.2, 0.25) is 11.8 Å². The van der Waals surface area contributed by atoms with Gasteiger partial charge in [0.25, 0.3) is 0 Å². The van der Waals surface area contributed by atoms with Crippen LogP contribution in [-0.4, -0.2) is 61.4 Å². The van der Waals surface area contributed by atoms with E-state index in [9.17, 15) is 9.59 Å². The van der Waals surface area contributed by atoms with Gasteiger partial charge in [-0.15, -0.1) is 12.4 Å². The van der Waals surface area contributed by atoms with Gasteiger partial charge in [-0.05, 0) is 17.7 Å². The molecule has 0 bridgehead atoms.